The number of aromatic nitrogens is 5. The van der Waals surface area contributed by atoms with Crippen LogP contribution in [0.5, 0.6) is 0 Å². The molecule has 3 N–H and O–H groups in total. The average molecular weight is 550 g/mol. The van der Waals surface area contributed by atoms with Gasteiger partial charge < -0.3 is 16.0 Å². The first kappa shape index (κ1) is 24.1. The predicted molar refractivity (Wildman–Crippen MR) is 154 cm³/mol. The molecule has 4 heterocycles. The van der Waals surface area contributed by atoms with E-state index in [0.717, 1.165) is 65.5 Å². The van der Waals surface area contributed by atoms with Crippen LogP contribution in [0.25, 0.3) is 16.0 Å². The van der Waals surface area contributed by atoms with Gasteiger partial charge in [-0.15, -0.1) is 16.4 Å². The van der Waals surface area contributed by atoms with Crippen LogP contribution >= 0.6 is 22.9 Å². The number of hydrogen-bond donors (Lipinski definition) is 2. The Morgan fingerprint density at radius 1 is 1.03 bits per heavy atom. The molecule has 1 aromatic carbocycles. The molecule has 4 aromatic rings. The summed E-state index contributed by atoms with van der Waals surface area (Å²) in [7, 11) is 0. The third-order valence-electron chi connectivity index (χ3n) is 8.66. The van der Waals surface area contributed by atoms with Crippen molar-refractivity contribution in [2.45, 2.75) is 45.6 Å². The lowest BCUT2D eigenvalue weighted by atomic mass is 9.93. The molecule has 0 amide bonds. The number of benzene rings is 1. The highest BCUT2D eigenvalue weighted by molar-refractivity contribution is 7.17. The third-order valence-corrected chi connectivity index (χ3v) is 9.91. The van der Waals surface area contributed by atoms with E-state index in [2.05, 4.69) is 60.3 Å². The number of halogens is 1. The van der Waals surface area contributed by atoms with Crippen molar-refractivity contribution >= 4 is 56.4 Å². The van der Waals surface area contributed by atoms with Gasteiger partial charge in [0.1, 0.15) is 0 Å². The zero-order valence-corrected chi connectivity index (χ0v) is 23.3. The first-order valence-electron chi connectivity index (χ1n) is 13.4. The van der Waals surface area contributed by atoms with Crippen LogP contribution in [0.3, 0.4) is 0 Å². The zero-order valence-electron chi connectivity index (χ0n) is 21.7. The Labute approximate surface area is 231 Å². The van der Waals surface area contributed by atoms with Crippen molar-refractivity contribution in [3.8, 4) is 5.82 Å². The number of hydrogen-bond acceptors (Lipinski definition) is 9. The summed E-state index contributed by atoms with van der Waals surface area (Å²) in [5, 5.41) is 10.1. The first-order valence-corrected chi connectivity index (χ1v) is 14.7. The van der Waals surface area contributed by atoms with Crippen molar-refractivity contribution < 1.29 is 0 Å². The van der Waals surface area contributed by atoms with Gasteiger partial charge in [0.2, 0.25) is 17.2 Å². The van der Waals surface area contributed by atoms with E-state index in [-0.39, 0.29) is 11.2 Å². The van der Waals surface area contributed by atoms with Crippen molar-refractivity contribution in [2.24, 2.45) is 11.8 Å². The number of nitrogens with two attached hydrogens (primary N) is 1. The number of thiophene rings is 1. The van der Waals surface area contributed by atoms with Gasteiger partial charge in [-0.25, -0.2) is 4.98 Å². The van der Waals surface area contributed by atoms with Crippen LogP contribution < -0.4 is 16.0 Å². The van der Waals surface area contributed by atoms with Gasteiger partial charge >= 0.3 is 0 Å². The van der Waals surface area contributed by atoms with E-state index in [4.69, 9.17) is 17.3 Å². The molecule has 3 aliphatic rings. The van der Waals surface area contributed by atoms with Gasteiger partial charge in [-0.1, -0.05) is 6.42 Å². The van der Waals surface area contributed by atoms with Crippen LogP contribution in [0.2, 0.25) is 5.28 Å². The summed E-state index contributed by atoms with van der Waals surface area (Å²) in [6.07, 6.45) is 5.82. The molecule has 2 bridgehead atoms. The van der Waals surface area contributed by atoms with Crippen molar-refractivity contribution in [3.05, 3.63) is 40.0 Å². The second-order valence-electron chi connectivity index (χ2n) is 11.0. The normalized spacial score (nSPS) is 23.6. The Bertz CT molecular complexity index is 1510. The molecule has 1 aliphatic heterocycles. The van der Waals surface area contributed by atoms with Crippen LogP contribution in [0, 0.1) is 25.7 Å². The highest BCUT2D eigenvalue weighted by atomic mass is 35.5. The predicted octanol–water partition coefficient (Wildman–Crippen LogP) is 5.18. The van der Waals surface area contributed by atoms with Gasteiger partial charge in [0.05, 0.1) is 10.2 Å². The standard InChI is InChI=1S/C27H32ClN9S/c1-15-11-19(5-6-20(15)35-7-9-36(10-8-35)21-13-17-3-4-18(21)12-17)30-27-33-26(29)37(34-27)24-23-22(16(2)14-38-23)31-25(28)32-24/h5-6,11,14,17-18,21H,3-4,7-10,12-13H2,1-2H3,(H3,29,30,33,34). The van der Waals surface area contributed by atoms with E-state index in [0.29, 0.717) is 11.8 Å². The van der Waals surface area contributed by atoms with Crippen LogP contribution in [0.15, 0.2) is 23.6 Å². The molecule has 0 spiro atoms. The van der Waals surface area contributed by atoms with Crippen molar-refractivity contribution in [3.63, 3.8) is 0 Å². The summed E-state index contributed by atoms with van der Waals surface area (Å²) in [4.78, 5) is 18.5. The lowest BCUT2D eigenvalue weighted by Crippen LogP contribution is -2.51. The van der Waals surface area contributed by atoms with Gasteiger partial charge in [-0.2, -0.15) is 14.6 Å². The van der Waals surface area contributed by atoms with Gasteiger partial charge in [-0.3, -0.25) is 4.90 Å². The lowest BCUT2D eigenvalue weighted by Gasteiger charge is -2.42. The van der Waals surface area contributed by atoms with E-state index < -0.39 is 0 Å². The molecule has 9 nitrogen and oxygen atoms in total. The van der Waals surface area contributed by atoms with E-state index in [9.17, 15) is 0 Å². The fourth-order valence-electron chi connectivity index (χ4n) is 6.84. The average Bonchev–Trinajstić information content (AvgIpc) is 3.69. The fraction of sp³-hybridized carbons (Fsp3) is 0.481. The van der Waals surface area contributed by atoms with Crippen LogP contribution in [-0.4, -0.2) is 61.9 Å². The van der Waals surface area contributed by atoms with Gasteiger partial charge in [0, 0.05) is 43.6 Å². The molecule has 3 fully saturated rings. The maximum atomic E-state index is 6.24. The summed E-state index contributed by atoms with van der Waals surface area (Å²) >= 11 is 7.74. The minimum Gasteiger partial charge on any atom is -0.369 e. The topological polar surface area (TPSA) is 101 Å². The van der Waals surface area contributed by atoms with Crippen LogP contribution in [0.4, 0.5) is 23.3 Å². The molecule has 3 unspecified atom stereocenters. The fourth-order valence-corrected chi connectivity index (χ4v) is 7.96. The number of fused-ring (bicyclic) bond motifs is 3. The minimum atomic E-state index is 0.154. The molecule has 2 aliphatic carbocycles. The van der Waals surface area contributed by atoms with Crippen LogP contribution in [0.1, 0.15) is 36.8 Å². The quantitative estimate of drug-likeness (QED) is 0.328. The van der Waals surface area contributed by atoms with E-state index in [1.807, 2.05) is 12.3 Å². The summed E-state index contributed by atoms with van der Waals surface area (Å²) in [5.74, 6) is 3.13. The number of rotatable bonds is 5. The second-order valence-corrected chi connectivity index (χ2v) is 12.2. The first-order chi connectivity index (χ1) is 18.4. The number of piperazine rings is 1. The molecule has 7 rings (SSSR count). The number of nitrogen functional groups attached to an aromatic ring is 1. The summed E-state index contributed by atoms with van der Waals surface area (Å²) < 4.78 is 2.39. The summed E-state index contributed by atoms with van der Waals surface area (Å²) in [6.45, 7) is 8.66. The number of anilines is 4. The smallest absolute Gasteiger partial charge is 0.248 e. The molecular weight excluding hydrogens is 518 g/mol. The largest absolute Gasteiger partial charge is 0.369 e. The van der Waals surface area contributed by atoms with Crippen molar-refractivity contribution in [2.75, 3.05) is 42.1 Å². The SMILES string of the molecule is Cc1cc(Nc2nc(N)n(-c3nc(Cl)nc4c(C)csc34)n2)ccc1N1CCN(C2CC3CCC2C3)CC1. The Kier molecular flexibility index (Phi) is 5.94. The minimum absolute atomic E-state index is 0.154. The lowest BCUT2D eigenvalue weighted by molar-refractivity contribution is 0.135. The number of nitrogens with zero attached hydrogens (tertiary/aromatic N) is 7. The third kappa shape index (κ3) is 4.19. The van der Waals surface area contributed by atoms with E-state index >= 15 is 0 Å². The Morgan fingerprint density at radius 3 is 2.61 bits per heavy atom. The molecule has 0 radical (unpaired) electrons. The number of nitrogens with one attached hydrogen (secondary N) is 1. The maximum absolute atomic E-state index is 6.24. The molecule has 2 saturated carbocycles. The molecule has 3 aromatic heterocycles. The molecule has 1 saturated heterocycles. The van der Waals surface area contributed by atoms with Gasteiger partial charge in [0.15, 0.2) is 5.82 Å². The van der Waals surface area contributed by atoms with Gasteiger partial charge in [-0.05, 0) is 91.3 Å². The van der Waals surface area contributed by atoms with Crippen molar-refractivity contribution in [1.29, 1.82) is 0 Å². The van der Waals surface area contributed by atoms with Gasteiger partial charge in [0.25, 0.3) is 0 Å². The Hall–Kier alpha value is -2.95. The Morgan fingerprint density at radius 2 is 1.87 bits per heavy atom. The Balaban J connectivity index is 1.05. The summed E-state index contributed by atoms with van der Waals surface area (Å²) in [5.41, 5.74) is 11.5. The summed E-state index contributed by atoms with van der Waals surface area (Å²) in [6, 6.07) is 7.27. The molecule has 11 heteroatoms. The maximum Gasteiger partial charge on any atom is 0.248 e. The van der Waals surface area contributed by atoms with Crippen LogP contribution in [-0.2, 0) is 0 Å². The van der Waals surface area contributed by atoms with Crippen molar-refractivity contribution in [1.82, 2.24) is 29.6 Å². The number of aryl methyl sites for hydroxylation is 2. The zero-order chi connectivity index (χ0) is 26.0. The molecule has 3 atom stereocenters. The monoisotopic (exact) mass is 549 g/mol. The molecule has 198 valence electrons. The molecular formula is C27H32ClN9S. The highest BCUT2D eigenvalue weighted by Crippen LogP contribution is 2.47. The van der Waals surface area contributed by atoms with E-state index in [1.165, 1.54) is 53.0 Å². The highest BCUT2D eigenvalue weighted by Gasteiger charge is 2.42. The van der Waals surface area contributed by atoms with E-state index in [1.54, 1.807) is 0 Å². The molecule has 38 heavy (non-hydrogen) atoms. The second kappa shape index (κ2) is 9.36.